The van der Waals surface area contributed by atoms with E-state index in [1.54, 1.807) is 12.3 Å². The number of pyridine rings is 2. The fourth-order valence-electron chi connectivity index (χ4n) is 4.04. The molecule has 28 heavy (non-hydrogen) atoms. The molecule has 1 fully saturated rings. The van der Waals surface area contributed by atoms with Crippen molar-refractivity contribution in [1.82, 2.24) is 34.0 Å². The zero-order valence-electron chi connectivity index (χ0n) is 15.9. The molecule has 0 saturated carbocycles. The Kier molecular flexibility index (Phi) is 3.85. The first-order valence-electron chi connectivity index (χ1n) is 9.50. The van der Waals surface area contributed by atoms with Gasteiger partial charge < -0.3 is 9.47 Å². The van der Waals surface area contributed by atoms with Crippen molar-refractivity contribution < 1.29 is 4.79 Å². The van der Waals surface area contributed by atoms with Crippen LogP contribution in [-0.2, 0) is 7.05 Å². The highest BCUT2D eigenvalue weighted by Crippen LogP contribution is 2.28. The predicted octanol–water partition coefficient (Wildman–Crippen LogP) is 2.34. The largest absolute Gasteiger partial charge is 0.338 e. The third-order valence-corrected chi connectivity index (χ3v) is 5.63. The summed E-state index contributed by atoms with van der Waals surface area (Å²) in [5.74, 6) is 1.93. The lowest BCUT2D eigenvalue weighted by Crippen LogP contribution is -2.39. The second kappa shape index (κ2) is 6.40. The third-order valence-electron chi connectivity index (χ3n) is 5.63. The van der Waals surface area contributed by atoms with E-state index in [0.717, 1.165) is 42.3 Å². The molecule has 4 aromatic rings. The molecular weight excluding hydrogens is 354 g/mol. The topological polar surface area (TPSA) is 81.2 Å². The number of aromatic nitrogens is 6. The number of hydrogen-bond acceptors (Lipinski definition) is 5. The van der Waals surface area contributed by atoms with Crippen molar-refractivity contribution in [2.45, 2.75) is 25.7 Å². The van der Waals surface area contributed by atoms with Gasteiger partial charge in [0.05, 0.1) is 5.56 Å². The molecule has 0 aliphatic carbocycles. The van der Waals surface area contributed by atoms with Gasteiger partial charge in [0, 0.05) is 38.4 Å². The summed E-state index contributed by atoms with van der Waals surface area (Å²) in [5, 5.41) is 8.66. The summed E-state index contributed by atoms with van der Waals surface area (Å²) in [7, 11) is 1.92. The van der Waals surface area contributed by atoms with Crippen LogP contribution in [0.15, 0.2) is 36.7 Å². The lowest BCUT2D eigenvalue weighted by molar-refractivity contribution is 0.0706. The number of piperidine rings is 1. The Morgan fingerprint density at radius 3 is 3.00 bits per heavy atom. The van der Waals surface area contributed by atoms with Crippen LogP contribution in [-0.4, -0.2) is 53.0 Å². The molecule has 142 valence electrons. The lowest BCUT2D eigenvalue weighted by Gasteiger charge is -2.32. The van der Waals surface area contributed by atoms with Crippen molar-refractivity contribution in [2.24, 2.45) is 7.05 Å². The molecule has 0 N–H and O–H groups in total. The smallest absolute Gasteiger partial charge is 0.256 e. The highest BCUT2D eigenvalue weighted by atomic mass is 16.2. The summed E-state index contributed by atoms with van der Waals surface area (Å²) in [6.45, 7) is 3.29. The first kappa shape index (κ1) is 16.9. The minimum absolute atomic E-state index is 0.00372. The molecular formula is C20H21N7O. The number of carbonyl (C=O) groups is 1. The van der Waals surface area contributed by atoms with E-state index < -0.39 is 0 Å². The quantitative estimate of drug-likeness (QED) is 0.537. The number of carbonyl (C=O) groups excluding carboxylic acids is 1. The van der Waals surface area contributed by atoms with Gasteiger partial charge in [-0.2, -0.15) is 0 Å². The highest BCUT2D eigenvalue weighted by Gasteiger charge is 2.29. The average molecular weight is 375 g/mol. The predicted molar refractivity (Wildman–Crippen MR) is 104 cm³/mol. The number of likely N-dealkylation sites (tertiary alicyclic amines) is 1. The SMILES string of the molecule is Cc1nc2c(C(=O)N3CCCC(c4nnc5ccccn45)C3)ccnc2n1C. The van der Waals surface area contributed by atoms with Gasteiger partial charge in [-0.1, -0.05) is 6.07 Å². The van der Waals surface area contributed by atoms with E-state index in [4.69, 9.17) is 0 Å². The van der Waals surface area contributed by atoms with Crippen LogP contribution in [0.1, 0.15) is 40.8 Å². The molecule has 8 nitrogen and oxygen atoms in total. The van der Waals surface area contributed by atoms with Crippen molar-refractivity contribution in [3.63, 3.8) is 0 Å². The average Bonchev–Trinajstić information content (AvgIpc) is 3.29. The number of hydrogen-bond donors (Lipinski definition) is 0. The minimum Gasteiger partial charge on any atom is -0.338 e. The fourth-order valence-corrected chi connectivity index (χ4v) is 4.04. The number of nitrogens with zero attached hydrogens (tertiary/aromatic N) is 7. The maximum absolute atomic E-state index is 13.3. The number of amides is 1. The molecule has 0 radical (unpaired) electrons. The molecule has 1 aliphatic heterocycles. The van der Waals surface area contributed by atoms with Crippen molar-refractivity contribution in [1.29, 1.82) is 0 Å². The summed E-state index contributed by atoms with van der Waals surface area (Å²) in [4.78, 5) is 24.2. The van der Waals surface area contributed by atoms with E-state index in [-0.39, 0.29) is 11.8 Å². The summed E-state index contributed by atoms with van der Waals surface area (Å²) >= 11 is 0. The maximum atomic E-state index is 13.3. The molecule has 0 bridgehead atoms. The molecule has 1 atom stereocenters. The van der Waals surface area contributed by atoms with Crippen LogP contribution in [0, 0.1) is 6.92 Å². The van der Waals surface area contributed by atoms with E-state index in [9.17, 15) is 4.79 Å². The normalized spacial score (nSPS) is 17.5. The Labute approximate surface area is 161 Å². The van der Waals surface area contributed by atoms with Crippen LogP contribution in [0.4, 0.5) is 0 Å². The molecule has 5 heterocycles. The number of imidazole rings is 1. The van der Waals surface area contributed by atoms with Gasteiger partial charge in [-0.3, -0.25) is 9.20 Å². The van der Waals surface area contributed by atoms with Crippen molar-refractivity contribution >= 4 is 22.7 Å². The van der Waals surface area contributed by atoms with Crippen LogP contribution >= 0.6 is 0 Å². The van der Waals surface area contributed by atoms with Crippen LogP contribution in [0.25, 0.3) is 16.8 Å². The summed E-state index contributed by atoms with van der Waals surface area (Å²) in [5.41, 5.74) is 2.85. The van der Waals surface area contributed by atoms with Crippen LogP contribution in [0.5, 0.6) is 0 Å². The van der Waals surface area contributed by atoms with Gasteiger partial charge in [0.15, 0.2) is 11.3 Å². The fraction of sp³-hybridized carbons (Fsp3) is 0.350. The number of fused-ring (bicyclic) bond motifs is 2. The standard InChI is InChI=1S/C20H21N7O/c1-13-22-17-15(8-9-21-19(17)25(13)2)20(28)26-10-5-6-14(12-26)18-24-23-16-7-3-4-11-27(16)18/h3-4,7-9,11,14H,5-6,10,12H2,1-2H3. The van der Waals surface area contributed by atoms with Gasteiger partial charge in [-0.05, 0) is 38.0 Å². The van der Waals surface area contributed by atoms with Crippen molar-refractivity contribution in [3.05, 3.63) is 53.9 Å². The minimum atomic E-state index is 0.00372. The summed E-state index contributed by atoms with van der Waals surface area (Å²) in [6.07, 6.45) is 5.60. The first-order valence-corrected chi connectivity index (χ1v) is 9.50. The summed E-state index contributed by atoms with van der Waals surface area (Å²) < 4.78 is 3.93. The zero-order chi connectivity index (χ0) is 19.3. The van der Waals surface area contributed by atoms with E-state index in [1.165, 1.54) is 0 Å². The molecule has 5 rings (SSSR count). The Bertz CT molecular complexity index is 1190. The monoisotopic (exact) mass is 375 g/mol. The van der Waals surface area contributed by atoms with E-state index in [2.05, 4.69) is 20.2 Å². The van der Waals surface area contributed by atoms with E-state index in [0.29, 0.717) is 17.6 Å². The Morgan fingerprint density at radius 1 is 1.21 bits per heavy atom. The van der Waals surface area contributed by atoms with Gasteiger partial charge in [0.1, 0.15) is 17.2 Å². The number of aryl methyl sites for hydroxylation is 2. The molecule has 8 heteroatoms. The lowest BCUT2D eigenvalue weighted by atomic mass is 9.96. The second-order valence-electron chi connectivity index (χ2n) is 7.33. The second-order valence-corrected chi connectivity index (χ2v) is 7.33. The molecule has 0 aromatic carbocycles. The van der Waals surface area contributed by atoms with Crippen molar-refractivity contribution in [2.75, 3.05) is 13.1 Å². The van der Waals surface area contributed by atoms with Gasteiger partial charge in [0.25, 0.3) is 5.91 Å². The van der Waals surface area contributed by atoms with Crippen LogP contribution < -0.4 is 0 Å². The highest BCUT2D eigenvalue weighted by molar-refractivity contribution is 6.04. The van der Waals surface area contributed by atoms with E-state index in [1.807, 2.05) is 52.2 Å². The Hall–Kier alpha value is -3.29. The Morgan fingerprint density at radius 2 is 2.11 bits per heavy atom. The van der Waals surface area contributed by atoms with E-state index >= 15 is 0 Å². The molecule has 4 aromatic heterocycles. The number of rotatable bonds is 2. The van der Waals surface area contributed by atoms with Crippen molar-refractivity contribution in [3.8, 4) is 0 Å². The molecule has 1 saturated heterocycles. The zero-order valence-corrected chi connectivity index (χ0v) is 15.9. The maximum Gasteiger partial charge on any atom is 0.256 e. The van der Waals surface area contributed by atoms with Crippen LogP contribution in [0.2, 0.25) is 0 Å². The molecule has 1 amide bonds. The first-order chi connectivity index (χ1) is 13.6. The molecule has 1 aliphatic rings. The molecule has 0 spiro atoms. The van der Waals surface area contributed by atoms with Gasteiger partial charge in [-0.25, -0.2) is 9.97 Å². The van der Waals surface area contributed by atoms with Gasteiger partial charge in [0.2, 0.25) is 0 Å². The van der Waals surface area contributed by atoms with Gasteiger partial charge >= 0.3 is 0 Å². The van der Waals surface area contributed by atoms with Gasteiger partial charge in [-0.15, -0.1) is 10.2 Å². The summed E-state index contributed by atoms with van der Waals surface area (Å²) in [6, 6.07) is 7.64. The third kappa shape index (κ3) is 2.56. The van der Waals surface area contributed by atoms with Crippen LogP contribution in [0.3, 0.4) is 0 Å². The molecule has 1 unspecified atom stereocenters. The Balaban J connectivity index is 1.47.